The summed E-state index contributed by atoms with van der Waals surface area (Å²) in [6, 6.07) is 12.9. The van der Waals surface area contributed by atoms with Crippen molar-refractivity contribution in [2.45, 2.75) is 12.0 Å². The molecule has 2 aromatic rings. The average molecular weight is 397 g/mol. The highest BCUT2D eigenvalue weighted by Gasteiger charge is 2.50. The maximum Gasteiger partial charge on any atom is 0.295 e. The molecular weight excluding hydrogens is 382 g/mol. The minimum atomic E-state index is -1.17. The standard InChI is InChI=1S/C17H15BrClNO3/c1-20(22-2)16(21)17(11-6-4-3-5-7-11)10-12-14(23-17)9-8-13(19)15(12)18/h3-9H,10H2,1-2H3/t17-/m0/s1. The fourth-order valence-corrected chi connectivity index (χ4v) is 3.40. The number of nitrogens with zero attached hydrogens (tertiary/aromatic N) is 1. The molecule has 0 fully saturated rings. The van der Waals surface area contributed by atoms with Crippen molar-refractivity contribution in [3.8, 4) is 5.75 Å². The van der Waals surface area contributed by atoms with E-state index in [2.05, 4.69) is 15.9 Å². The minimum Gasteiger partial charge on any atom is -0.472 e. The Bertz CT molecular complexity index is 753. The van der Waals surface area contributed by atoms with Crippen molar-refractivity contribution < 1.29 is 14.4 Å². The molecule has 1 aliphatic heterocycles. The number of ether oxygens (including phenoxy) is 1. The molecule has 0 saturated carbocycles. The van der Waals surface area contributed by atoms with Crippen LogP contribution < -0.4 is 4.74 Å². The van der Waals surface area contributed by atoms with Crippen molar-refractivity contribution in [3.63, 3.8) is 0 Å². The number of fused-ring (bicyclic) bond motifs is 1. The van der Waals surface area contributed by atoms with Gasteiger partial charge in [0.25, 0.3) is 5.91 Å². The summed E-state index contributed by atoms with van der Waals surface area (Å²) in [6.45, 7) is 0. The molecule has 1 atom stereocenters. The normalized spacial score (nSPS) is 19.1. The van der Waals surface area contributed by atoms with Crippen LogP contribution in [-0.2, 0) is 21.7 Å². The number of rotatable bonds is 3. The van der Waals surface area contributed by atoms with E-state index >= 15 is 0 Å². The third-order valence-corrected chi connectivity index (χ3v) is 5.46. The predicted molar refractivity (Wildman–Crippen MR) is 91.4 cm³/mol. The van der Waals surface area contributed by atoms with Gasteiger partial charge in [-0.25, -0.2) is 5.06 Å². The Morgan fingerprint density at radius 3 is 2.65 bits per heavy atom. The summed E-state index contributed by atoms with van der Waals surface area (Å²) in [5, 5.41) is 1.78. The second kappa shape index (κ2) is 6.15. The van der Waals surface area contributed by atoms with Crippen LogP contribution in [-0.4, -0.2) is 25.1 Å². The summed E-state index contributed by atoms with van der Waals surface area (Å²) < 4.78 is 6.89. The lowest BCUT2D eigenvalue weighted by molar-refractivity contribution is -0.185. The average Bonchev–Trinajstić information content (AvgIpc) is 2.99. The van der Waals surface area contributed by atoms with Crippen molar-refractivity contribution in [1.82, 2.24) is 5.06 Å². The van der Waals surface area contributed by atoms with Gasteiger partial charge in [-0.1, -0.05) is 41.9 Å². The highest BCUT2D eigenvalue weighted by molar-refractivity contribution is 9.10. The van der Waals surface area contributed by atoms with Crippen molar-refractivity contribution in [3.05, 3.63) is 63.1 Å². The number of benzene rings is 2. The molecule has 1 aliphatic rings. The second-order valence-corrected chi connectivity index (χ2v) is 6.50. The molecule has 120 valence electrons. The Kier molecular flexibility index (Phi) is 4.36. The molecule has 0 radical (unpaired) electrons. The van der Waals surface area contributed by atoms with Gasteiger partial charge in [0, 0.05) is 29.1 Å². The summed E-state index contributed by atoms with van der Waals surface area (Å²) in [5.41, 5.74) is 0.481. The van der Waals surface area contributed by atoms with Crippen molar-refractivity contribution in [2.24, 2.45) is 0 Å². The molecule has 0 aromatic heterocycles. The van der Waals surface area contributed by atoms with E-state index in [4.69, 9.17) is 21.2 Å². The number of hydroxylamine groups is 2. The Morgan fingerprint density at radius 2 is 2.00 bits per heavy atom. The van der Waals surface area contributed by atoms with Crippen molar-refractivity contribution in [2.75, 3.05) is 14.2 Å². The highest BCUT2D eigenvalue weighted by atomic mass is 79.9. The van der Waals surface area contributed by atoms with Gasteiger partial charge >= 0.3 is 0 Å². The topological polar surface area (TPSA) is 38.8 Å². The van der Waals surface area contributed by atoms with Gasteiger partial charge in [-0.2, -0.15) is 0 Å². The first-order chi connectivity index (χ1) is 11.0. The van der Waals surface area contributed by atoms with Gasteiger partial charge in [0.15, 0.2) is 0 Å². The van der Waals surface area contributed by atoms with Gasteiger partial charge < -0.3 is 4.74 Å². The van der Waals surface area contributed by atoms with Crippen molar-refractivity contribution in [1.29, 1.82) is 0 Å². The van der Waals surface area contributed by atoms with Gasteiger partial charge in [-0.05, 0) is 28.1 Å². The molecular formula is C17H15BrClNO3. The summed E-state index contributed by atoms with van der Waals surface area (Å²) in [5.74, 6) is 0.369. The van der Waals surface area contributed by atoms with Crippen LogP contribution in [0.1, 0.15) is 11.1 Å². The fraction of sp³-hybridized carbons (Fsp3) is 0.235. The zero-order valence-electron chi connectivity index (χ0n) is 12.7. The van der Waals surface area contributed by atoms with E-state index in [0.717, 1.165) is 15.6 Å². The molecule has 6 heteroatoms. The van der Waals surface area contributed by atoms with E-state index in [1.54, 1.807) is 19.2 Å². The first-order valence-corrected chi connectivity index (χ1v) is 8.20. The van der Waals surface area contributed by atoms with Gasteiger partial charge in [-0.3, -0.25) is 9.63 Å². The molecule has 0 bridgehead atoms. The summed E-state index contributed by atoms with van der Waals surface area (Å²) in [7, 11) is 3.02. The zero-order valence-corrected chi connectivity index (χ0v) is 15.0. The summed E-state index contributed by atoms with van der Waals surface area (Å²) in [4.78, 5) is 18.1. The lowest BCUT2D eigenvalue weighted by atomic mass is 9.88. The van der Waals surface area contributed by atoms with Crippen LogP contribution in [0, 0.1) is 0 Å². The van der Waals surface area contributed by atoms with E-state index in [1.165, 1.54) is 12.2 Å². The van der Waals surface area contributed by atoms with Crippen molar-refractivity contribution >= 4 is 33.4 Å². The van der Waals surface area contributed by atoms with Crippen LogP contribution in [0.5, 0.6) is 5.75 Å². The van der Waals surface area contributed by atoms with Gasteiger partial charge in [0.1, 0.15) is 5.75 Å². The maximum absolute atomic E-state index is 13.0. The van der Waals surface area contributed by atoms with E-state index < -0.39 is 5.60 Å². The van der Waals surface area contributed by atoms with E-state index in [-0.39, 0.29) is 5.91 Å². The maximum atomic E-state index is 13.0. The van der Waals surface area contributed by atoms with E-state index in [0.29, 0.717) is 17.2 Å². The number of amides is 1. The number of carbonyl (C=O) groups excluding carboxylic acids is 1. The molecule has 0 spiro atoms. The first-order valence-electron chi connectivity index (χ1n) is 7.03. The molecule has 2 aromatic carbocycles. The van der Waals surface area contributed by atoms with Crippen LogP contribution in [0.3, 0.4) is 0 Å². The molecule has 3 rings (SSSR count). The first kappa shape index (κ1) is 16.3. The minimum absolute atomic E-state index is 0.273. The monoisotopic (exact) mass is 395 g/mol. The Balaban J connectivity index is 2.14. The summed E-state index contributed by atoms with van der Waals surface area (Å²) in [6.07, 6.45) is 0.375. The van der Waals surface area contributed by atoms with Gasteiger partial charge in [-0.15, -0.1) is 0 Å². The van der Waals surface area contributed by atoms with Crippen LogP contribution >= 0.6 is 27.5 Å². The second-order valence-electron chi connectivity index (χ2n) is 5.30. The lowest BCUT2D eigenvalue weighted by Gasteiger charge is -2.31. The predicted octanol–water partition coefficient (Wildman–Crippen LogP) is 3.95. The molecule has 1 amide bonds. The van der Waals surface area contributed by atoms with Gasteiger partial charge in [0.2, 0.25) is 5.60 Å². The third-order valence-electron chi connectivity index (χ3n) is 4.01. The molecule has 0 saturated heterocycles. The number of hydrogen-bond acceptors (Lipinski definition) is 3. The molecule has 0 aliphatic carbocycles. The number of hydrogen-bond donors (Lipinski definition) is 0. The van der Waals surface area contributed by atoms with E-state index in [1.807, 2.05) is 30.3 Å². The zero-order chi connectivity index (χ0) is 16.6. The Hall–Kier alpha value is -1.56. The largest absolute Gasteiger partial charge is 0.472 e. The molecule has 0 N–H and O–H groups in total. The van der Waals surface area contributed by atoms with Crippen LogP contribution in [0.15, 0.2) is 46.9 Å². The highest BCUT2D eigenvalue weighted by Crippen LogP contribution is 2.47. The smallest absolute Gasteiger partial charge is 0.295 e. The Labute approximate surface area is 148 Å². The number of halogens is 2. The quantitative estimate of drug-likeness (QED) is 0.737. The molecule has 1 heterocycles. The van der Waals surface area contributed by atoms with Gasteiger partial charge in [0.05, 0.1) is 12.1 Å². The fourth-order valence-electron chi connectivity index (χ4n) is 2.76. The number of carbonyl (C=O) groups is 1. The lowest BCUT2D eigenvalue weighted by Crippen LogP contribution is -2.48. The van der Waals surface area contributed by atoms with Crippen LogP contribution in [0.25, 0.3) is 0 Å². The van der Waals surface area contributed by atoms with Crippen LogP contribution in [0.4, 0.5) is 0 Å². The van der Waals surface area contributed by atoms with E-state index in [9.17, 15) is 4.79 Å². The van der Waals surface area contributed by atoms with Crippen LogP contribution in [0.2, 0.25) is 5.02 Å². The summed E-state index contributed by atoms with van der Waals surface area (Å²) >= 11 is 9.67. The Morgan fingerprint density at radius 1 is 1.30 bits per heavy atom. The third kappa shape index (κ3) is 2.63. The molecule has 4 nitrogen and oxygen atoms in total. The SMILES string of the molecule is CON(C)C(=O)[C@@]1(c2ccccc2)Cc2c(ccc(Cl)c2Br)O1. The molecule has 0 unspecified atom stereocenters. The molecule has 23 heavy (non-hydrogen) atoms. The number of likely N-dealkylation sites (N-methyl/N-ethyl adjacent to an activating group) is 1.